The molecule has 274 valence electrons. The summed E-state index contributed by atoms with van der Waals surface area (Å²) in [7, 11) is 0. The van der Waals surface area contributed by atoms with Crippen molar-refractivity contribution in [3.63, 3.8) is 0 Å². The first kappa shape index (κ1) is 41.0. The van der Waals surface area contributed by atoms with Gasteiger partial charge in [-0.15, -0.1) is 5.06 Å². The zero-order chi connectivity index (χ0) is 36.3. The van der Waals surface area contributed by atoms with E-state index in [1.165, 1.54) is 0 Å². The minimum Gasteiger partial charge on any atom is -0.459 e. The van der Waals surface area contributed by atoms with Gasteiger partial charge in [-0.3, -0.25) is 43.6 Å². The average molecular weight is 684 g/mol. The Morgan fingerprint density at radius 3 is 1.04 bits per heavy atom. The van der Waals surface area contributed by atoms with Crippen LogP contribution < -0.4 is 0 Å². The summed E-state index contributed by atoms with van der Waals surface area (Å²) < 4.78 is 16.7. The van der Waals surface area contributed by atoms with Gasteiger partial charge in [-0.1, -0.05) is 0 Å². The molecule has 0 bridgehead atoms. The molecule has 0 spiro atoms. The van der Waals surface area contributed by atoms with Crippen molar-refractivity contribution in [2.45, 2.75) is 98.4 Å². The van der Waals surface area contributed by atoms with Crippen molar-refractivity contribution in [2.24, 2.45) is 0 Å². The highest BCUT2D eigenvalue weighted by Gasteiger charge is 2.33. The molecule has 2 aliphatic rings. The molecule has 0 atom stereocenters. The fraction of sp³-hybridized carbons (Fsp3) is 0.818. The lowest BCUT2D eigenvalue weighted by Gasteiger charge is -2.30. The minimum absolute atomic E-state index is 0.0139. The van der Waals surface area contributed by atoms with Gasteiger partial charge >= 0.3 is 23.9 Å². The number of hydrogen-bond acceptors (Lipinski definition) is 14. The number of imide groups is 1. The van der Waals surface area contributed by atoms with Gasteiger partial charge in [0.1, 0.15) is 16.8 Å². The van der Waals surface area contributed by atoms with E-state index in [-0.39, 0.29) is 45.0 Å². The molecule has 0 N–H and O–H groups in total. The van der Waals surface area contributed by atoms with E-state index in [1.54, 1.807) is 46.4 Å². The van der Waals surface area contributed by atoms with E-state index in [1.807, 2.05) is 35.5 Å². The molecule has 0 radical (unpaired) electrons. The Balaban J connectivity index is 2.30. The number of carbonyl (C=O) groups is 6. The van der Waals surface area contributed by atoms with Gasteiger partial charge in [0.2, 0.25) is 0 Å². The van der Waals surface area contributed by atoms with Gasteiger partial charge in [0.15, 0.2) is 0 Å². The lowest BCUT2D eigenvalue weighted by atomic mass is 10.2. The fourth-order valence-corrected chi connectivity index (χ4v) is 5.09. The summed E-state index contributed by atoms with van der Waals surface area (Å²) in [6.45, 7) is 19.3. The second kappa shape index (κ2) is 18.0. The molecule has 0 aromatic rings. The maximum Gasteiger partial charge on any atom is 0.347 e. The van der Waals surface area contributed by atoms with Gasteiger partial charge in [-0.25, -0.2) is 4.79 Å². The highest BCUT2D eigenvalue weighted by molar-refractivity contribution is 6.01. The van der Waals surface area contributed by atoms with Gasteiger partial charge in [0.25, 0.3) is 11.8 Å². The van der Waals surface area contributed by atoms with Crippen molar-refractivity contribution in [1.29, 1.82) is 0 Å². The molecule has 0 aromatic heterocycles. The molecule has 0 aliphatic carbocycles. The summed E-state index contributed by atoms with van der Waals surface area (Å²) in [5, 5.41) is 0.520. The van der Waals surface area contributed by atoms with Crippen LogP contribution in [0.4, 0.5) is 0 Å². The standard InChI is InChI=1S/C33H57N5O10/c1-31(2,3)45-27(41)21-34-13-10-14-35(22-28(42)46-32(4,5)6)16-18-37(24-30(44)48-38-25(39)11-12-26(38)40)20-19-36(17-15-34)23-29(43)47-33(7,8)9/h10-24H2,1-9H3. The molecular formula is C33H57N5O10. The average Bonchev–Trinajstić information content (AvgIpc) is 3.21. The Bertz CT molecular complexity index is 1130. The van der Waals surface area contributed by atoms with Crippen molar-refractivity contribution in [2.75, 3.05) is 78.5 Å². The van der Waals surface area contributed by atoms with Crippen LogP contribution in [0, 0.1) is 0 Å². The predicted molar refractivity (Wildman–Crippen MR) is 175 cm³/mol. The quantitative estimate of drug-likeness (QED) is 0.194. The molecule has 0 saturated carbocycles. The van der Waals surface area contributed by atoms with Crippen LogP contribution >= 0.6 is 0 Å². The molecule has 15 heteroatoms. The third-order valence-corrected chi connectivity index (χ3v) is 7.02. The predicted octanol–water partition coefficient (Wildman–Crippen LogP) is 1.23. The lowest BCUT2D eigenvalue weighted by Crippen LogP contribution is -2.46. The normalized spacial score (nSPS) is 19.2. The largest absolute Gasteiger partial charge is 0.459 e. The maximum absolute atomic E-state index is 12.9. The van der Waals surface area contributed by atoms with Crippen LogP contribution in [0.25, 0.3) is 0 Å². The van der Waals surface area contributed by atoms with E-state index in [2.05, 4.69) is 0 Å². The summed E-state index contributed by atoms with van der Waals surface area (Å²) in [5.41, 5.74) is -1.99. The third-order valence-electron chi connectivity index (χ3n) is 7.02. The van der Waals surface area contributed by atoms with E-state index in [9.17, 15) is 28.8 Å². The fourth-order valence-electron chi connectivity index (χ4n) is 5.09. The molecule has 2 heterocycles. The summed E-state index contributed by atoms with van der Waals surface area (Å²) in [5.74, 6) is -3.08. The highest BCUT2D eigenvalue weighted by atomic mass is 16.7. The molecule has 2 amide bonds. The van der Waals surface area contributed by atoms with E-state index in [0.29, 0.717) is 63.8 Å². The molecule has 2 saturated heterocycles. The van der Waals surface area contributed by atoms with Gasteiger partial charge in [-0.05, 0) is 68.7 Å². The van der Waals surface area contributed by atoms with Crippen molar-refractivity contribution >= 4 is 35.7 Å². The molecule has 48 heavy (non-hydrogen) atoms. The first-order chi connectivity index (χ1) is 22.1. The highest BCUT2D eigenvalue weighted by Crippen LogP contribution is 2.14. The van der Waals surface area contributed by atoms with Crippen LogP contribution in [0.5, 0.6) is 0 Å². The summed E-state index contributed by atoms with van der Waals surface area (Å²) in [6.07, 6.45) is 0.582. The second-order valence-corrected chi connectivity index (χ2v) is 15.3. The Kier molecular flexibility index (Phi) is 15.4. The molecular weight excluding hydrogens is 626 g/mol. The zero-order valence-corrected chi connectivity index (χ0v) is 30.4. The summed E-state index contributed by atoms with van der Waals surface area (Å²) >= 11 is 0. The molecule has 2 fully saturated rings. The van der Waals surface area contributed by atoms with E-state index in [0.717, 1.165) is 0 Å². The number of amides is 2. The van der Waals surface area contributed by atoms with E-state index in [4.69, 9.17) is 19.0 Å². The van der Waals surface area contributed by atoms with Crippen LogP contribution in [0.1, 0.15) is 81.6 Å². The number of nitrogens with zero attached hydrogens (tertiary/aromatic N) is 5. The summed E-state index contributed by atoms with van der Waals surface area (Å²) in [6, 6.07) is 0. The molecule has 15 nitrogen and oxygen atoms in total. The number of esters is 3. The lowest BCUT2D eigenvalue weighted by molar-refractivity contribution is -0.198. The van der Waals surface area contributed by atoms with Crippen molar-refractivity contribution in [1.82, 2.24) is 24.7 Å². The second-order valence-electron chi connectivity index (χ2n) is 15.3. The number of hydrogen-bond donors (Lipinski definition) is 0. The Morgan fingerprint density at radius 2 is 0.750 bits per heavy atom. The van der Waals surface area contributed by atoms with Gasteiger partial charge < -0.3 is 19.0 Å². The Labute approximate surface area is 285 Å². The van der Waals surface area contributed by atoms with E-state index < -0.39 is 46.5 Å². The van der Waals surface area contributed by atoms with Crippen molar-refractivity contribution < 1.29 is 47.8 Å². The Hall–Kier alpha value is -3.14. The number of rotatable bonds is 9. The van der Waals surface area contributed by atoms with Crippen molar-refractivity contribution in [3.8, 4) is 0 Å². The maximum atomic E-state index is 12.9. The SMILES string of the molecule is CC(C)(C)OC(=O)CN1CCCN(CC(=O)OC(C)(C)C)CCN(CC(=O)OC(C)(C)C)CCN(CC(=O)ON2C(=O)CCC2=O)CC1. The minimum atomic E-state index is -0.774. The topological polar surface area (TPSA) is 156 Å². The van der Waals surface area contributed by atoms with E-state index >= 15 is 0 Å². The third kappa shape index (κ3) is 17.3. The van der Waals surface area contributed by atoms with Gasteiger partial charge in [-0.2, -0.15) is 0 Å². The van der Waals surface area contributed by atoms with Crippen LogP contribution in [0.15, 0.2) is 0 Å². The molecule has 2 aliphatic heterocycles. The monoisotopic (exact) mass is 683 g/mol. The first-order valence-corrected chi connectivity index (χ1v) is 16.7. The van der Waals surface area contributed by atoms with Crippen LogP contribution in [-0.2, 0) is 47.8 Å². The van der Waals surface area contributed by atoms with Crippen LogP contribution in [0.2, 0.25) is 0 Å². The Morgan fingerprint density at radius 1 is 0.479 bits per heavy atom. The van der Waals surface area contributed by atoms with Crippen LogP contribution in [-0.4, -0.2) is 156 Å². The number of ether oxygens (including phenoxy) is 3. The van der Waals surface area contributed by atoms with Crippen LogP contribution in [0.3, 0.4) is 0 Å². The van der Waals surface area contributed by atoms with Crippen molar-refractivity contribution in [3.05, 3.63) is 0 Å². The number of hydroxylamine groups is 2. The molecule has 0 aromatic carbocycles. The smallest absolute Gasteiger partial charge is 0.347 e. The van der Waals surface area contributed by atoms with Gasteiger partial charge in [0.05, 0.1) is 26.2 Å². The van der Waals surface area contributed by atoms with Gasteiger partial charge in [0, 0.05) is 65.2 Å². The zero-order valence-electron chi connectivity index (χ0n) is 30.4. The summed E-state index contributed by atoms with van der Waals surface area (Å²) in [4.78, 5) is 88.2. The molecule has 0 unspecified atom stereocenters. The first-order valence-electron chi connectivity index (χ1n) is 16.7. The number of carbonyl (C=O) groups excluding carboxylic acids is 6. The molecule has 2 rings (SSSR count).